The van der Waals surface area contributed by atoms with Crippen molar-refractivity contribution in [1.29, 1.82) is 0 Å². The number of aliphatic hydroxyl groups excluding tert-OH is 1. The first-order valence-electron chi connectivity index (χ1n) is 8.86. The highest BCUT2D eigenvalue weighted by molar-refractivity contribution is 6.05. The van der Waals surface area contributed by atoms with Crippen molar-refractivity contribution in [3.05, 3.63) is 88.3 Å². The third kappa shape index (κ3) is 2.75. The fourth-order valence-corrected chi connectivity index (χ4v) is 3.69. The molecule has 27 heavy (non-hydrogen) atoms. The quantitative estimate of drug-likeness (QED) is 0.602. The Bertz CT molecular complexity index is 1190. The molecule has 4 heteroatoms. The molecule has 0 aliphatic heterocycles. The summed E-state index contributed by atoms with van der Waals surface area (Å²) in [5.41, 5.74) is 5.61. The van der Waals surface area contributed by atoms with Gasteiger partial charge in [0.15, 0.2) is 0 Å². The van der Waals surface area contributed by atoms with Gasteiger partial charge in [0.05, 0.1) is 23.4 Å². The fourth-order valence-electron chi connectivity index (χ4n) is 3.69. The molecule has 4 nitrogen and oxygen atoms in total. The second kappa shape index (κ2) is 6.82. The summed E-state index contributed by atoms with van der Waals surface area (Å²) in [5.74, 6) is 0. The van der Waals surface area contributed by atoms with E-state index in [1.54, 1.807) is 17.8 Å². The normalized spacial score (nSPS) is 11.1. The van der Waals surface area contributed by atoms with E-state index >= 15 is 0 Å². The molecule has 0 saturated carbocycles. The van der Waals surface area contributed by atoms with Gasteiger partial charge in [-0.3, -0.25) is 9.78 Å². The number of benzene rings is 2. The van der Waals surface area contributed by atoms with Crippen LogP contribution in [0.5, 0.6) is 0 Å². The average Bonchev–Trinajstić information content (AvgIpc) is 2.71. The molecule has 0 bridgehead atoms. The molecular formula is C23H20N2O2. The summed E-state index contributed by atoms with van der Waals surface area (Å²) in [5, 5.41) is 11.0. The van der Waals surface area contributed by atoms with E-state index in [0.29, 0.717) is 5.56 Å². The minimum Gasteiger partial charge on any atom is -0.391 e. The molecular weight excluding hydrogens is 336 g/mol. The van der Waals surface area contributed by atoms with Gasteiger partial charge in [-0.25, -0.2) is 0 Å². The predicted octanol–water partition coefficient (Wildman–Crippen LogP) is 4.07. The van der Waals surface area contributed by atoms with E-state index in [-0.39, 0.29) is 12.2 Å². The zero-order valence-electron chi connectivity index (χ0n) is 15.3. The van der Waals surface area contributed by atoms with Gasteiger partial charge < -0.3 is 9.67 Å². The Kier molecular flexibility index (Phi) is 4.34. The highest BCUT2D eigenvalue weighted by Crippen LogP contribution is 2.37. The highest BCUT2D eigenvalue weighted by Gasteiger charge is 2.20. The number of nitrogens with zero attached hydrogens (tertiary/aromatic N) is 2. The summed E-state index contributed by atoms with van der Waals surface area (Å²) >= 11 is 0. The summed E-state index contributed by atoms with van der Waals surface area (Å²) in [6.07, 6.45) is 1.78. The van der Waals surface area contributed by atoms with E-state index < -0.39 is 0 Å². The van der Waals surface area contributed by atoms with Gasteiger partial charge in [-0.2, -0.15) is 0 Å². The number of aliphatic hydroxyl groups is 1. The lowest BCUT2D eigenvalue weighted by atomic mass is 9.91. The first-order valence-corrected chi connectivity index (χ1v) is 8.86. The molecule has 4 aromatic rings. The molecule has 0 saturated heterocycles. The molecule has 2 aromatic carbocycles. The van der Waals surface area contributed by atoms with Crippen LogP contribution in [0.15, 0.2) is 71.7 Å². The minimum atomic E-state index is -0.317. The molecule has 4 rings (SSSR count). The van der Waals surface area contributed by atoms with Crippen LogP contribution >= 0.6 is 0 Å². The summed E-state index contributed by atoms with van der Waals surface area (Å²) in [7, 11) is 1.74. The number of fused-ring (bicyclic) bond motifs is 1. The third-order valence-corrected chi connectivity index (χ3v) is 5.00. The molecule has 1 N–H and O–H groups in total. The number of pyridine rings is 2. The Morgan fingerprint density at radius 2 is 1.78 bits per heavy atom. The largest absolute Gasteiger partial charge is 0.391 e. The second-order valence-corrected chi connectivity index (χ2v) is 6.61. The van der Waals surface area contributed by atoms with Crippen molar-refractivity contribution in [2.75, 3.05) is 0 Å². The van der Waals surface area contributed by atoms with Crippen LogP contribution in [0, 0.1) is 6.92 Å². The minimum absolute atomic E-state index is 0.182. The summed E-state index contributed by atoms with van der Waals surface area (Å²) < 4.78 is 1.61. The molecule has 0 spiro atoms. The maximum Gasteiger partial charge on any atom is 0.256 e. The lowest BCUT2D eigenvalue weighted by molar-refractivity contribution is 0.280. The zero-order valence-corrected chi connectivity index (χ0v) is 15.3. The maximum atomic E-state index is 12.9. The van der Waals surface area contributed by atoms with Crippen LogP contribution in [0.4, 0.5) is 0 Å². The topological polar surface area (TPSA) is 55.1 Å². The van der Waals surface area contributed by atoms with Gasteiger partial charge in [0.2, 0.25) is 0 Å². The van der Waals surface area contributed by atoms with Gasteiger partial charge in [0.25, 0.3) is 5.56 Å². The zero-order chi connectivity index (χ0) is 19.0. The molecule has 0 aliphatic carbocycles. The summed E-state index contributed by atoms with van der Waals surface area (Å²) in [6, 6.07) is 19.6. The van der Waals surface area contributed by atoms with Crippen LogP contribution in [0.3, 0.4) is 0 Å². The van der Waals surface area contributed by atoms with Crippen molar-refractivity contribution < 1.29 is 5.11 Å². The highest BCUT2D eigenvalue weighted by atomic mass is 16.3. The molecule has 0 atom stereocenters. The lowest BCUT2D eigenvalue weighted by Gasteiger charge is -2.18. The van der Waals surface area contributed by atoms with Crippen molar-refractivity contribution >= 4 is 10.9 Å². The van der Waals surface area contributed by atoms with Crippen molar-refractivity contribution in [2.45, 2.75) is 13.5 Å². The predicted molar refractivity (Wildman–Crippen MR) is 109 cm³/mol. The van der Waals surface area contributed by atoms with E-state index in [1.165, 1.54) is 0 Å². The molecule has 0 amide bonds. The van der Waals surface area contributed by atoms with Gasteiger partial charge in [-0.1, -0.05) is 48.5 Å². The standard InChI is InChI=1S/C23H20N2O2/c1-15-8-7-13-24-22(15)17-11-6-12-19-21(17)20(16-9-4-3-5-10-16)18(14-26)23(27)25(19)2/h3-13,26H,14H2,1-2H3. The molecule has 0 radical (unpaired) electrons. The van der Waals surface area contributed by atoms with Crippen LogP contribution in [0.25, 0.3) is 33.3 Å². The van der Waals surface area contributed by atoms with Crippen LogP contribution in [-0.4, -0.2) is 14.7 Å². The molecule has 134 valence electrons. The molecule has 2 aromatic heterocycles. The second-order valence-electron chi connectivity index (χ2n) is 6.61. The number of hydrogen-bond acceptors (Lipinski definition) is 3. The SMILES string of the molecule is Cc1cccnc1-c1cccc2c1c(-c1ccccc1)c(CO)c(=O)n2C. The van der Waals surface area contributed by atoms with E-state index in [4.69, 9.17) is 0 Å². The third-order valence-electron chi connectivity index (χ3n) is 5.00. The summed E-state index contributed by atoms with van der Waals surface area (Å²) in [4.78, 5) is 17.5. The van der Waals surface area contributed by atoms with Crippen LogP contribution < -0.4 is 5.56 Å². The Balaban J connectivity index is 2.25. The molecule has 0 unspecified atom stereocenters. The monoisotopic (exact) mass is 356 g/mol. The Morgan fingerprint density at radius 1 is 1.00 bits per heavy atom. The molecule has 0 aliphatic rings. The number of aromatic nitrogens is 2. The maximum absolute atomic E-state index is 12.9. The number of aryl methyl sites for hydroxylation is 2. The molecule has 0 fully saturated rings. The smallest absolute Gasteiger partial charge is 0.256 e. The van der Waals surface area contributed by atoms with Gasteiger partial charge in [0.1, 0.15) is 0 Å². The van der Waals surface area contributed by atoms with E-state index in [0.717, 1.165) is 38.9 Å². The number of hydrogen-bond donors (Lipinski definition) is 1. The van der Waals surface area contributed by atoms with E-state index in [2.05, 4.69) is 4.98 Å². The first kappa shape index (κ1) is 17.2. The van der Waals surface area contributed by atoms with Crippen LogP contribution in [0.1, 0.15) is 11.1 Å². The average molecular weight is 356 g/mol. The van der Waals surface area contributed by atoms with Crippen molar-refractivity contribution in [3.63, 3.8) is 0 Å². The Labute approximate surface area is 157 Å². The first-order chi connectivity index (χ1) is 13.1. The fraction of sp³-hybridized carbons (Fsp3) is 0.130. The van der Waals surface area contributed by atoms with Crippen molar-refractivity contribution in [2.24, 2.45) is 7.05 Å². The van der Waals surface area contributed by atoms with Crippen molar-refractivity contribution in [3.8, 4) is 22.4 Å². The van der Waals surface area contributed by atoms with Gasteiger partial charge >= 0.3 is 0 Å². The van der Waals surface area contributed by atoms with Crippen LogP contribution in [0.2, 0.25) is 0 Å². The van der Waals surface area contributed by atoms with Gasteiger partial charge in [0, 0.05) is 29.8 Å². The molecule has 2 heterocycles. The van der Waals surface area contributed by atoms with Crippen LogP contribution in [-0.2, 0) is 13.7 Å². The van der Waals surface area contributed by atoms with Crippen molar-refractivity contribution in [1.82, 2.24) is 9.55 Å². The van der Waals surface area contributed by atoms with Gasteiger partial charge in [-0.05, 0) is 30.2 Å². The lowest BCUT2D eigenvalue weighted by Crippen LogP contribution is -2.23. The Morgan fingerprint density at radius 3 is 2.48 bits per heavy atom. The summed E-state index contributed by atoms with van der Waals surface area (Å²) in [6.45, 7) is 1.71. The van der Waals surface area contributed by atoms with E-state index in [9.17, 15) is 9.90 Å². The van der Waals surface area contributed by atoms with E-state index in [1.807, 2.05) is 67.6 Å². The van der Waals surface area contributed by atoms with Gasteiger partial charge in [-0.15, -0.1) is 0 Å². The Hall–Kier alpha value is -3.24. The number of rotatable bonds is 3.